The van der Waals surface area contributed by atoms with E-state index in [2.05, 4.69) is 11.9 Å². The summed E-state index contributed by atoms with van der Waals surface area (Å²) in [7, 11) is 0. The summed E-state index contributed by atoms with van der Waals surface area (Å²) in [6, 6.07) is 13.2. The Bertz CT molecular complexity index is 1230. The fourth-order valence-corrected chi connectivity index (χ4v) is 3.69. The van der Waals surface area contributed by atoms with Crippen LogP contribution >= 0.6 is 23.2 Å². The first-order chi connectivity index (χ1) is 15.1. The zero-order chi connectivity index (χ0) is 23.2. The second-order valence-electron chi connectivity index (χ2n) is 7.76. The summed E-state index contributed by atoms with van der Waals surface area (Å²) in [4.78, 5) is 40.5. The van der Waals surface area contributed by atoms with Crippen LogP contribution in [0.2, 0.25) is 10.0 Å². The molecule has 2 aromatic carbocycles. The van der Waals surface area contributed by atoms with Crippen LogP contribution in [0.3, 0.4) is 0 Å². The molecule has 162 valence electrons. The van der Waals surface area contributed by atoms with Gasteiger partial charge >= 0.3 is 6.09 Å². The van der Waals surface area contributed by atoms with Crippen molar-refractivity contribution in [2.24, 2.45) is 0 Å². The molecule has 8 heteroatoms. The van der Waals surface area contributed by atoms with E-state index in [0.717, 1.165) is 4.90 Å². The second-order valence-corrected chi connectivity index (χ2v) is 8.63. The fraction of sp³-hybridized carbons (Fsp3) is 0.125. The van der Waals surface area contributed by atoms with E-state index in [1.54, 1.807) is 62.4 Å². The van der Waals surface area contributed by atoms with Crippen LogP contribution in [-0.4, -0.2) is 28.4 Å². The molecule has 0 unspecified atom stereocenters. The van der Waals surface area contributed by atoms with E-state index in [9.17, 15) is 14.4 Å². The third-order valence-corrected chi connectivity index (χ3v) is 5.62. The molecule has 2 aliphatic heterocycles. The minimum absolute atomic E-state index is 0.0932. The van der Waals surface area contributed by atoms with E-state index in [-0.39, 0.29) is 16.8 Å². The molecule has 0 saturated heterocycles. The van der Waals surface area contributed by atoms with E-state index in [0.29, 0.717) is 26.9 Å². The summed E-state index contributed by atoms with van der Waals surface area (Å²) in [6.07, 6.45) is 0.537. The van der Waals surface area contributed by atoms with Crippen LogP contribution in [0.15, 0.2) is 72.3 Å². The molecule has 0 saturated carbocycles. The third-order valence-electron chi connectivity index (χ3n) is 5.12. The largest absolute Gasteiger partial charge is 0.439 e. The van der Waals surface area contributed by atoms with Crippen LogP contribution in [-0.2, 0) is 14.3 Å². The number of hydrogen-bond donors (Lipinski definition) is 1. The number of fused-ring (bicyclic) bond motifs is 1. The lowest BCUT2D eigenvalue weighted by atomic mass is 10.0. The van der Waals surface area contributed by atoms with Crippen molar-refractivity contribution in [3.63, 3.8) is 0 Å². The summed E-state index contributed by atoms with van der Waals surface area (Å²) in [5, 5.41) is 3.73. The molecule has 2 aromatic rings. The molecule has 0 atom stereocenters. The molecule has 1 N–H and O–H groups in total. The van der Waals surface area contributed by atoms with Gasteiger partial charge in [-0.2, -0.15) is 0 Å². The maximum atomic E-state index is 13.5. The van der Waals surface area contributed by atoms with Crippen LogP contribution in [0.25, 0.3) is 11.4 Å². The van der Waals surface area contributed by atoms with Gasteiger partial charge in [0.05, 0.1) is 22.5 Å². The number of nitrogens with one attached hydrogen (secondary N) is 1. The normalized spacial score (nSPS) is 15.8. The van der Waals surface area contributed by atoms with Crippen molar-refractivity contribution < 1.29 is 19.1 Å². The van der Waals surface area contributed by atoms with Gasteiger partial charge in [-0.1, -0.05) is 54.0 Å². The van der Waals surface area contributed by atoms with E-state index in [1.807, 2.05) is 0 Å². The Kier molecular flexibility index (Phi) is 5.44. The lowest BCUT2D eigenvalue weighted by molar-refractivity contribution is -0.122. The molecule has 2 heterocycles. The molecule has 0 radical (unpaired) electrons. The van der Waals surface area contributed by atoms with E-state index >= 15 is 0 Å². The average molecular weight is 469 g/mol. The Balaban J connectivity index is 1.92. The standard InChI is InChI=1S/C24H18Cl2N2O4/c1-4-24(2,3)32-23(31)28-20(14-7-11-16(26)12-8-14)18-17(22(28)30)19(27-21(18)29)13-5-9-15(25)10-6-13/h4-12H,1H2,2-3H3,(H,27,29). The van der Waals surface area contributed by atoms with Crippen LogP contribution in [0.1, 0.15) is 25.0 Å². The van der Waals surface area contributed by atoms with Gasteiger partial charge in [0.25, 0.3) is 11.8 Å². The van der Waals surface area contributed by atoms with Gasteiger partial charge in [0.1, 0.15) is 5.60 Å². The fourth-order valence-electron chi connectivity index (χ4n) is 3.44. The lowest BCUT2D eigenvalue weighted by Crippen LogP contribution is -2.38. The number of benzene rings is 2. The van der Waals surface area contributed by atoms with Crippen LogP contribution in [0.5, 0.6) is 0 Å². The summed E-state index contributed by atoms with van der Waals surface area (Å²) >= 11 is 12.0. The van der Waals surface area contributed by atoms with Gasteiger partial charge in [0.2, 0.25) is 0 Å². The molecule has 0 spiro atoms. The Morgan fingerprint density at radius 2 is 1.50 bits per heavy atom. The molecule has 0 fully saturated rings. The van der Waals surface area contributed by atoms with Crippen molar-refractivity contribution in [3.05, 3.63) is 93.5 Å². The lowest BCUT2D eigenvalue weighted by Gasteiger charge is -2.26. The van der Waals surface area contributed by atoms with E-state index in [1.165, 1.54) is 6.08 Å². The van der Waals surface area contributed by atoms with Crippen molar-refractivity contribution in [3.8, 4) is 0 Å². The molecule has 0 aliphatic carbocycles. The zero-order valence-corrected chi connectivity index (χ0v) is 18.8. The molecular formula is C24H18Cl2N2O4. The zero-order valence-electron chi connectivity index (χ0n) is 17.2. The molecule has 4 rings (SSSR count). The Hall–Kier alpha value is -3.35. The van der Waals surface area contributed by atoms with Gasteiger partial charge in [-0.05, 0) is 55.3 Å². The Morgan fingerprint density at radius 3 is 2.03 bits per heavy atom. The molecule has 2 aliphatic rings. The monoisotopic (exact) mass is 468 g/mol. The number of carbonyl (C=O) groups is 3. The van der Waals surface area contributed by atoms with Gasteiger partial charge in [0, 0.05) is 10.0 Å². The first-order valence-corrected chi connectivity index (χ1v) is 10.4. The van der Waals surface area contributed by atoms with Gasteiger partial charge in [-0.25, -0.2) is 9.69 Å². The minimum atomic E-state index is -1.03. The maximum absolute atomic E-state index is 13.5. The van der Waals surface area contributed by atoms with Crippen molar-refractivity contribution in [1.29, 1.82) is 0 Å². The Labute approximate surface area is 194 Å². The highest BCUT2D eigenvalue weighted by Gasteiger charge is 2.49. The average Bonchev–Trinajstić information content (AvgIpc) is 3.24. The number of hydrogen-bond acceptors (Lipinski definition) is 4. The third kappa shape index (κ3) is 3.72. The molecule has 0 bridgehead atoms. The van der Waals surface area contributed by atoms with Gasteiger partial charge in [-0.15, -0.1) is 0 Å². The van der Waals surface area contributed by atoms with E-state index in [4.69, 9.17) is 27.9 Å². The second kappa shape index (κ2) is 7.97. The summed E-state index contributed by atoms with van der Waals surface area (Å²) in [5.74, 6) is -1.17. The Morgan fingerprint density at radius 1 is 0.969 bits per heavy atom. The highest BCUT2D eigenvalue weighted by molar-refractivity contribution is 6.34. The number of imide groups is 1. The quantitative estimate of drug-likeness (QED) is 0.626. The number of amides is 3. The van der Waals surface area contributed by atoms with Crippen molar-refractivity contribution in [2.75, 3.05) is 0 Å². The predicted octanol–water partition coefficient (Wildman–Crippen LogP) is 5.19. The van der Waals surface area contributed by atoms with Crippen LogP contribution in [0.4, 0.5) is 4.79 Å². The maximum Gasteiger partial charge on any atom is 0.422 e. The number of nitrogens with zero attached hydrogens (tertiary/aromatic N) is 1. The van der Waals surface area contributed by atoms with Crippen LogP contribution < -0.4 is 5.32 Å². The topological polar surface area (TPSA) is 75.7 Å². The number of halogens is 2. The number of ether oxygens (including phenoxy) is 1. The first-order valence-electron chi connectivity index (χ1n) is 9.66. The smallest absolute Gasteiger partial charge is 0.422 e. The van der Waals surface area contributed by atoms with Gasteiger partial charge in [0.15, 0.2) is 0 Å². The molecule has 0 aromatic heterocycles. The number of carbonyl (C=O) groups excluding carboxylic acids is 3. The van der Waals surface area contributed by atoms with Crippen LogP contribution in [0, 0.1) is 0 Å². The van der Waals surface area contributed by atoms with Crippen molar-refractivity contribution >= 4 is 52.5 Å². The molecule has 6 nitrogen and oxygen atoms in total. The first kappa shape index (κ1) is 21.9. The highest BCUT2D eigenvalue weighted by atomic mass is 35.5. The summed E-state index contributed by atoms with van der Waals surface area (Å²) < 4.78 is 5.49. The van der Waals surface area contributed by atoms with Crippen molar-refractivity contribution in [1.82, 2.24) is 10.2 Å². The van der Waals surface area contributed by atoms with E-state index < -0.39 is 23.5 Å². The van der Waals surface area contributed by atoms with Gasteiger partial charge in [-0.3, -0.25) is 9.59 Å². The number of rotatable bonds is 4. The van der Waals surface area contributed by atoms with Gasteiger partial charge < -0.3 is 10.1 Å². The molecule has 3 amide bonds. The highest BCUT2D eigenvalue weighted by Crippen LogP contribution is 2.43. The summed E-state index contributed by atoms with van der Waals surface area (Å²) in [5.41, 5.74) is 0.642. The predicted molar refractivity (Wildman–Crippen MR) is 122 cm³/mol. The van der Waals surface area contributed by atoms with Crippen molar-refractivity contribution in [2.45, 2.75) is 19.4 Å². The molecule has 32 heavy (non-hydrogen) atoms. The molecular weight excluding hydrogens is 451 g/mol. The summed E-state index contributed by atoms with van der Waals surface area (Å²) in [6.45, 7) is 6.93. The minimum Gasteiger partial charge on any atom is -0.439 e. The SMILES string of the molecule is C=CC(C)(C)OC(=O)N1C(=O)C2=C(c3ccc(Cl)cc3)NC(=O)C2=C1c1ccc(Cl)cc1.